The molecule has 2 rings (SSSR count). The molecular weight excluding hydrogens is 961 g/mol. The van der Waals surface area contributed by atoms with Gasteiger partial charge in [0, 0.05) is 19.0 Å². The highest BCUT2D eigenvalue weighted by Crippen LogP contribution is 2.60. The van der Waals surface area contributed by atoms with Gasteiger partial charge in [-0.15, -0.1) is 0 Å². The number of allylic oxidation sites excluding steroid dienone is 12. The van der Waals surface area contributed by atoms with E-state index in [0.29, 0.717) is 6.42 Å². The monoisotopic (exact) mass is 1040 g/mol. The molecule has 400 valence electrons. The number of aliphatic hydroxyl groups excluding tert-OH is 3. The number of ether oxygens (including phenoxy) is 3. The molecule has 19 nitrogen and oxygen atoms in total. The Kier molecular flexibility index (Phi) is 33.4. The van der Waals surface area contributed by atoms with Crippen LogP contribution in [0.4, 0.5) is 5.82 Å². The van der Waals surface area contributed by atoms with Crippen molar-refractivity contribution in [3.63, 3.8) is 0 Å². The molecular formula is C50H79N3O16P2. The number of hydrogen-bond acceptors (Lipinski definition) is 16. The summed E-state index contributed by atoms with van der Waals surface area (Å²) in [7, 11) is -10.9. The summed E-state index contributed by atoms with van der Waals surface area (Å²) in [5, 5.41) is 31.2. The zero-order valence-corrected chi connectivity index (χ0v) is 43.1. The molecule has 3 unspecified atom stereocenters. The number of esters is 2. The minimum absolute atomic E-state index is 0.0753. The van der Waals surface area contributed by atoms with Crippen LogP contribution < -0.4 is 11.4 Å². The van der Waals surface area contributed by atoms with E-state index in [1.165, 1.54) is 31.7 Å². The maximum Gasteiger partial charge on any atom is 0.481 e. The quantitative estimate of drug-likeness (QED) is 0.0118. The van der Waals surface area contributed by atoms with Gasteiger partial charge in [-0.3, -0.25) is 23.2 Å². The number of aliphatic hydroxyl groups is 3. The Morgan fingerprint density at radius 2 is 1.38 bits per heavy atom. The highest BCUT2D eigenvalue weighted by atomic mass is 31.3. The molecule has 1 fully saturated rings. The van der Waals surface area contributed by atoms with Crippen molar-refractivity contribution >= 4 is 33.4 Å². The Labute approximate surface area is 419 Å². The van der Waals surface area contributed by atoms with Crippen molar-refractivity contribution in [2.45, 2.75) is 173 Å². The molecule has 7 N–H and O–H groups in total. The van der Waals surface area contributed by atoms with Crippen LogP contribution in [0.1, 0.15) is 142 Å². The van der Waals surface area contributed by atoms with Gasteiger partial charge in [0.1, 0.15) is 30.7 Å². The third-order valence-electron chi connectivity index (χ3n) is 10.6. The average Bonchev–Trinajstić information content (AvgIpc) is 3.60. The minimum atomic E-state index is -5.47. The summed E-state index contributed by atoms with van der Waals surface area (Å²) < 4.78 is 56.5. The maximum absolute atomic E-state index is 12.8. The van der Waals surface area contributed by atoms with Gasteiger partial charge >= 0.3 is 33.3 Å². The van der Waals surface area contributed by atoms with Crippen LogP contribution in [-0.4, -0.2) is 96.9 Å². The van der Waals surface area contributed by atoms with Gasteiger partial charge in [0.25, 0.3) is 0 Å². The number of unbranched alkanes of at least 4 members (excludes halogenated alkanes) is 9. The molecule has 1 aromatic rings. The maximum atomic E-state index is 12.8. The summed E-state index contributed by atoms with van der Waals surface area (Å²) >= 11 is 0. The zero-order chi connectivity index (χ0) is 52.2. The summed E-state index contributed by atoms with van der Waals surface area (Å²) in [6, 6.07) is 1.23. The molecule has 0 spiro atoms. The number of nitrogens with zero attached hydrogens (tertiary/aromatic N) is 2. The molecule has 0 radical (unpaired) electrons. The van der Waals surface area contributed by atoms with Gasteiger partial charge in [-0.05, 0) is 76.7 Å². The Bertz CT molecular complexity index is 2040. The third-order valence-corrected chi connectivity index (χ3v) is 13.2. The smallest absolute Gasteiger partial charge is 0.462 e. The van der Waals surface area contributed by atoms with Gasteiger partial charge in [0.05, 0.1) is 19.3 Å². The molecule has 0 amide bonds. The summed E-state index contributed by atoms with van der Waals surface area (Å²) in [6.45, 7) is 1.83. The summed E-state index contributed by atoms with van der Waals surface area (Å²) in [6.07, 6.45) is 35.6. The number of nitrogens with two attached hydrogens (primary N) is 1. The van der Waals surface area contributed by atoms with E-state index >= 15 is 0 Å². The van der Waals surface area contributed by atoms with Gasteiger partial charge in [-0.1, -0.05) is 137 Å². The van der Waals surface area contributed by atoms with Crippen LogP contribution in [0.3, 0.4) is 0 Å². The van der Waals surface area contributed by atoms with E-state index in [9.17, 15) is 48.6 Å². The van der Waals surface area contributed by atoms with Crippen LogP contribution in [0.2, 0.25) is 0 Å². The van der Waals surface area contributed by atoms with Crippen molar-refractivity contribution in [2.75, 3.05) is 25.6 Å². The Balaban J connectivity index is 1.88. The molecule has 1 aliphatic rings. The average molecular weight is 1040 g/mol. The molecule has 1 saturated heterocycles. The molecule has 0 aliphatic carbocycles. The molecule has 1 aliphatic heterocycles. The van der Waals surface area contributed by atoms with Crippen molar-refractivity contribution in [3.05, 3.63) is 108 Å². The first-order chi connectivity index (χ1) is 34.1. The van der Waals surface area contributed by atoms with E-state index < -0.39 is 89.8 Å². The number of nitrogen functional groups attached to an aromatic ring is 1. The number of carbonyl (C=O) groups is 2. The second-order valence-corrected chi connectivity index (χ2v) is 19.8. The molecule has 71 heavy (non-hydrogen) atoms. The topological polar surface area (TPSA) is 286 Å². The van der Waals surface area contributed by atoms with E-state index in [0.717, 1.165) is 75.0 Å². The fraction of sp³-hybridized carbons (Fsp3) is 0.600. The van der Waals surface area contributed by atoms with Gasteiger partial charge in [0.15, 0.2) is 12.3 Å². The summed E-state index contributed by atoms with van der Waals surface area (Å²) in [5.74, 6) is -1.51. The first-order valence-corrected chi connectivity index (χ1v) is 27.7. The number of phosphoric acid groups is 2. The highest BCUT2D eigenvalue weighted by Gasteiger charge is 2.46. The van der Waals surface area contributed by atoms with E-state index in [-0.39, 0.29) is 31.5 Å². The van der Waals surface area contributed by atoms with Crippen molar-refractivity contribution in [1.29, 1.82) is 0 Å². The fourth-order valence-electron chi connectivity index (χ4n) is 6.71. The number of aromatic nitrogens is 2. The van der Waals surface area contributed by atoms with Gasteiger partial charge in [-0.25, -0.2) is 13.9 Å². The molecule has 21 heteroatoms. The number of rotatable bonds is 39. The van der Waals surface area contributed by atoms with E-state index in [4.69, 9.17) is 29.0 Å². The normalized spacial score (nSPS) is 20.3. The number of phosphoric ester groups is 2. The van der Waals surface area contributed by atoms with Gasteiger partial charge in [-0.2, -0.15) is 9.29 Å². The Morgan fingerprint density at radius 3 is 2.06 bits per heavy atom. The molecule has 0 bridgehead atoms. The molecule has 1 aromatic heterocycles. The molecule has 2 heterocycles. The number of carbonyl (C=O) groups excluding carboxylic acids is 2. The third kappa shape index (κ3) is 30.5. The van der Waals surface area contributed by atoms with Crippen molar-refractivity contribution in [2.24, 2.45) is 0 Å². The molecule has 0 aromatic carbocycles. The van der Waals surface area contributed by atoms with Crippen molar-refractivity contribution < 1.29 is 71.4 Å². The van der Waals surface area contributed by atoms with Crippen LogP contribution >= 0.6 is 15.6 Å². The lowest BCUT2D eigenvalue weighted by Gasteiger charge is -2.21. The van der Waals surface area contributed by atoms with E-state index in [2.05, 4.69) is 71.8 Å². The lowest BCUT2D eigenvalue weighted by molar-refractivity contribution is -0.161. The summed E-state index contributed by atoms with van der Waals surface area (Å²) in [5.41, 5.74) is 4.57. The Morgan fingerprint density at radius 1 is 0.761 bits per heavy atom. The van der Waals surface area contributed by atoms with Crippen LogP contribution in [0.5, 0.6) is 0 Å². The first-order valence-electron chi connectivity index (χ1n) is 24.7. The van der Waals surface area contributed by atoms with Crippen LogP contribution in [-0.2, 0) is 46.3 Å². The standard InChI is InChI=1S/C50H79N3O16P2/c1-3-5-7-9-11-13-15-17-19-21-23-25-28-32-41(54)33-29-27-31-35-46(56)67-42(38-64-45(55)34-30-26-24-22-20-18-16-14-12-10-8-6-4-2)39-65-70(60,61)69-71(62,63)66-40-43-47(57)48(58)49(68-43)53-37-36-44(51)52-50(53)59/h5,7,11,13-14,16-17,19,23,25,27-29,32,36-37,41-43,47-49,54,57-58H,3-4,6,8-10,12,15,18,20-22,24,26,30-31,33-35,38-40H2,1-2H3,(H,60,61)(H,62,63)(H2,51,52,59)/b7-5-,13-11-,16-14-,19-17-,25-23-,29-27-,32-28-/t41?,42-,43-,47-,48-,49-/m1/s1. The lowest BCUT2D eigenvalue weighted by Crippen LogP contribution is -2.36. The predicted molar refractivity (Wildman–Crippen MR) is 271 cm³/mol. The highest BCUT2D eigenvalue weighted by molar-refractivity contribution is 7.61. The predicted octanol–water partition coefficient (Wildman–Crippen LogP) is 8.86. The Hall–Kier alpha value is -4.10. The number of hydrogen-bond donors (Lipinski definition) is 6. The van der Waals surface area contributed by atoms with E-state index in [1.807, 2.05) is 12.2 Å². The first kappa shape index (κ1) is 63.0. The van der Waals surface area contributed by atoms with Crippen LogP contribution in [0.15, 0.2) is 102 Å². The second-order valence-electron chi connectivity index (χ2n) is 16.8. The lowest BCUT2D eigenvalue weighted by atomic mass is 10.1. The van der Waals surface area contributed by atoms with Crippen molar-refractivity contribution in [1.82, 2.24) is 9.55 Å². The SMILES string of the molecule is CC/C=C\C/C=C\C/C=C\C/C=C\C=C/C(O)C/C=C\CCC(=O)O[C@H](COC(=O)CCCCCCC/C=C\CCCCCC)COP(=O)(O)OP(=O)(O)OC[C@H]1O[C@@H](n2ccc(N)nc2=O)[C@H](O)[C@@H]1O. The minimum Gasteiger partial charge on any atom is -0.462 e. The number of anilines is 1. The van der Waals surface area contributed by atoms with Gasteiger partial charge in [0.2, 0.25) is 0 Å². The zero-order valence-electron chi connectivity index (χ0n) is 41.4. The molecule has 8 atom stereocenters. The van der Waals surface area contributed by atoms with Crippen LogP contribution in [0.25, 0.3) is 0 Å². The summed E-state index contributed by atoms with van der Waals surface area (Å²) in [4.78, 5) is 61.8. The van der Waals surface area contributed by atoms with Crippen LogP contribution in [0, 0.1) is 0 Å². The van der Waals surface area contributed by atoms with Crippen molar-refractivity contribution in [3.8, 4) is 0 Å². The second kappa shape index (κ2) is 37.6. The van der Waals surface area contributed by atoms with E-state index in [1.54, 1.807) is 24.3 Å². The van der Waals surface area contributed by atoms with Gasteiger partial charge < -0.3 is 45.1 Å². The molecule has 0 saturated carbocycles. The largest absolute Gasteiger partial charge is 0.481 e. The fourth-order valence-corrected chi connectivity index (χ4v) is 8.82.